The molecule has 8 rings (SSSR count). The average molecular weight is 1130 g/mol. The van der Waals surface area contributed by atoms with Crippen LogP contribution in [0.3, 0.4) is 0 Å². The summed E-state index contributed by atoms with van der Waals surface area (Å²) in [7, 11) is 0. The fourth-order valence-electron chi connectivity index (χ4n) is 11.0. The summed E-state index contributed by atoms with van der Waals surface area (Å²) in [5.41, 5.74) is 14.0. The predicted molar refractivity (Wildman–Crippen MR) is 283 cm³/mol. The van der Waals surface area contributed by atoms with Crippen molar-refractivity contribution < 1.29 is 77.7 Å². The maximum absolute atomic E-state index is 15.4. The third-order valence-electron chi connectivity index (χ3n) is 15.6. The number of pyridine rings is 2. The van der Waals surface area contributed by atoms with Crippen LogP contribution in [0.25, 0.3) is 22.3 Å². The number of aliphatic hydroxyl groups excluding tert-OH is 4. The van der Waals surface area contributed by atoms with E-state index in [2.05, 4.69) is 21.3 Å². The van der Waals surface area contributed by atoms with Crippen molar-refractivity contribution in [2.24, 2.45) is 11.5 Å². The summed E-state index contributed by atoms with van der Waals surface area (Å²) in [5, 5.41) is 63.0. The standard InChI is InChI=1S/C55H68FN9O16/c1-3-55(78)33-17-38-47-31(21-65(38)53(76)32(33)25-80-54(55)77)45-29(11-12-30-27(2)34(56)18-36(63-47)46(30)45)10-7-15-79-26-61-41(67)19-60-52(75)37(16-28-8-5-4-6-9-28)62-42(68)20-59-43(69)23-64(44(70)14-13-35(57)51(58)74)22-39-48(71)50(73)49(72)40(24-66)81-39/h4-6,8-9,17-18,29,35,37,39-40,48-50,66,71-73,78H,3,7,10-16,19-26,57H2,1-2H3,(H2,58,74)(H,59,69)(H,60,75)(H,61,67)(H,62,68)/t29?,35-,37-,39-,40+,48-,49+,50+,55-/m0/s1. The van der Waals surface area contributed by atoms with Crippen LogP contribution in [-0.4, -0.2) is 170 Å². The molecule has 1 aliphatic carbocycles. The number of halogens is 1. The summed E-state index contributed by atoms with van der Waals surface area (Å²) in [5.74, 6) is -5.97. The number of primary amides is 1. The summed E-state index contributed by atoms with van der Waals surface area (Å²) in [6.45, 7) is 0.0912. The van der Waals surface area contributed by atoms with Crippen LogP contribution >= 0.6 is 0 Å². The first-order chi connectivity index (χ1) is 38.6. The zero-order chi connectivity index (χ0) is 58.4. The topological polar surface area (TPSA) is 387 Å². The van der Waals surface area contributed by atoms with Crippen LogP contribution in [0, 0.1) is 12.7 Å². The Kier molecular flexibility index (Phi) is 18.9. The minimum atomic E-state index is -2.01. The number of esters is 1. The highest BCUT2D eigenvalue weighted by atomic mass is 19.1. The Balaban J connectivity index is 0.839. The Morgan fingerprint density at radius 2 is 1.69 bits per heavy atom. The molecule has 436 valence electrons. The monoisotopic (exact) mass is 1130 g/mol. The number of nitrogens with one attached hydrogen (secondary N) is 4. The number of hydrogen-bond donors (Lipinski definition) is 11. The molecule has 1 fully saturated rings. The molecule has 26 heteroatoms. The number of aromatic nitrogens is 2. The third kappa shape index (κ3) is 12.9. The van der Waals surface area contributed by atoms with E-state index in [0.717, 1.165) is 27.0 Å². The lowest BCUT2D eigenvalue weighted by atomic mass is 9.76. The summed E-state index contributed by atoms with van der Waals surface area (Å²) in [6.07, 6.45) is -6.12. The maximum Gasteiger partial charge on any atom is 0.343 e. The van der Waals surface area contributed by atoms with Crippen molar-refractivity contribution in [2.75, 3.05) is 46.1 Å². The molecular weight excluding hydrogens is 1060 g/mol. The lowest BCUT2D eigenvalue weighted by Crippen LogP contribution is -2.61. The van der Waals surface area contributed by atoms with E-state index in [0.29, 0.717) is 53.7 Å². The molecule has 0 saturated carbocycles. The van der Waals surface area contributed by atoms with E-state index in [9.17, 15) is 63.9 Å². The van der Waals surface area contributed by atoms with E-state index in [1.807, 2.05) is 0 Å². The summed E-state index contributed by atoms with van der Waals surface area (Å²) >= 11 is 0. The third-order valence-corrected chi connectivity index (χ3v) is 15.6. The van der Waals surface area contributed by atoms with Crippen molar-refractivity contribution in [3.8, 4) is 11.4 Å². The predicted octanol–water partition coefficient (Wildman–Crippen LogP) is -2.35. The van der Waals surface area contributed by atoms with Gasteiger partial charge in [0.2, 0.25) is 35.4 Å². The number of carbonyl (C=O) groups excluding carboxylic acids is 7. The van der Waals surface area contributed by atoms with Crippen molar-refractivity contribution >= 4 is 52.3 Å². The zero-order valence-electron chi connectivity index (χ0n) is 44.8. The summed E-state index contributed by atoms with van der Waals surface area (Å²) < 4.78 is 33.5. The second kappa shape index (κ2) is 25.7. The first kappa shape index (κ1) is 59.8. The van der Waals surface area contributed by atoms with Gasteiger partial charge in [-0.25, -0.2) is 14.2 Å². The van der Waals surface area contributed by atoms with Gasteiger partial charge in [0, 0.05) is 42.0 Å². The molecule has 2 aromatic carbocycles. The van der Waals surface area contributed by atoms with Crippen LogP contribution < -0.4 is 38.3 Å². The van der Waals surface area contributed by atoms with Crippen LogP contribution in [0.15, 0.2) is 47.3 Å². The minimum absolute atomic E-state index is 0.0169. The summed E-state index contributed by atoms with van der Waals surface area (Å²) in [4.78, 5) is 110. The highest BCUT2D eigenvalue weighted by Gasteiger charge is 2.47. The number of benzene rings is 2. The quantitative estimate of drug-likeness (QED) is 0.0175. The van der Waals surface area contributed by atoms with Gasteiger partial charge in [0.1, 0.15) is 55.7 Å². The van der Waals surface area contributed by atoms with Gasteiger partial charge in [-0.3, -0.25) is 33.6 Å². The Hall–Kier alpha value is -7.30. The van der Waals surface area contributed by atoms with Crippen LogP contribution in [0.1, 0.15) is 90.3 Å². The molecule has 4 aromatic rings. The van der Waals surface area contributed by atoms with Crippen molar-refractivity contribution in [1.82, 2.24) is 35.7 Å². The molecule has 1 unspecified atom stereocenters. The molecule has 4 aliphatic rings. The number of fused-ring (bicyclic) bond motifs is 5. The normalized spacial score (nSPS) is 22.3. The molecule has 2 aromatic heterocycles. The largest absolute Gasteiger partial charge is 0.458 e. The van der Waals surface area contributed by atoms with Gasteiger partial charge in [0.05, 0.1) is 67.8 Å². The van der Waals surface area contributed by atoms with E-state index >= 15 is 4.39 Å². The van der Waals surface area contributed by atoms with Gasteiger partial charge in [-0.1, -0.05) is 37.3 Å². The van der Waals surface area contributed by atoms with Crippen LogP contribution in [-0.2, 0) is 79.4 Å². The molecule has 0 radical (unpaired) electrons. The maximum atomic E-state index is 15.4. The van der Waals surface area contributed by atoms with Gasteiger partial charge in [-0.2, -0.15) is 0 Å². The number of carbonyl (C=O) groups is 7. The number of nitrogens with two attached hydrogens (primary N) is 2. The molecule has 6 amide bonds. The number of hydrogen-bond acceptors (Lipinski definition) is 18. The van der Waals surface area contributed by atoms with Gasteiger partial charge in [-0.15, -0.1) is 0 Å². The van der Waals surface area contributed by atoms with Crippen LogP contribution in [0.4, 0.5) is 4.39 Å². The van der Waals surface area contributed by atoms with Gasteiger partial charge in [0.15, 0.2) is 5.60 Å². The van der Waals surface area contributed by atoms with Crippen molar-refractivity contribution in [2.45, 2.75) is 132 Å². The molecule has 5 heterocycles. The molecule has 13 N–H and O–H groups in total. The SMILES string of the molecule is CC[C@@]1(O)C(=O)OCc2c1cc1n(c2=O)Cc2c-1nc1cc(F)c(C)c3c1c2C(CCCOCNC(=O)CNC(=O)[C@H](Cc1ccccc1)NC(=O)CNC(=O)CN(C[C@@H]1O[C@H](CO)[C@@H](O)[C@H](O)[C@H]1O)C(=O)CC[C@H](N)C(N)=O)CC3. The molecule has 9 atom stereocenters. The molecule has 0 bridgehead atoms. The average Bonchev–Trinajstić information content (AvgIpc) is 3.13. The Morgan fingerprint density at radius 3 is 2.41 bits per heavy atom. The van der Waals surface area contributed by atoms with Crippen molar-refractivity contribution in [3.63, 3.8) is 0 Å². The highest BCUT2D eigenvalue weighted by molar-refractivity contribution is 5.94. The number of aliphatic hydroxyl groups is 5. The molecule has 3 aliphatic heterocycles. The van der Waals surface area contributed by atoms with Gasteiger partial charge < -0.3 is 81.9 Å². The Labute approximate surface area is 463 Å². The second-order valence-corrected chi connectivity index (χ2v) is 20.8. The minimum Gasteiger partial charge on any atom is -0.458 e. The number of amides is 6. The van der Waals surface area contributed by atoms with E-state index in [-0.39, 0.29) is 69.2 Å². The summed E-state index contributed by atoms with van der Waals surface area (Å²) in [6, 6.07) is 9.23. The lowest BCUT2D eigenvalue weighted by Gasteiger charge is -2.41. The number of nitrogens with zero attached hydrogens (tertiary/aromatic N) is 3. The van der Waals surface area contributed by atoms with Crippen LogP contribution in [0.5, 0.6) is 0 Å². The zero-order valence-corrected chi connectivity index (χ0v) is 44.8. The van der Waals surface area contributed by atoms with Crippen LogP contribution in [0.2, 0.25) is 0 Å². The highest BCUT2D eigenvalue weighted by Crippen LogP contribution is 2.47. The molecule has 1 saturated heterocycles. The Bertz CT molecular complexity index is 3140. The first-order valence-electron chi connectivity index (χ1n) is 26.8. The number of ether oxygens (including phenoxy) is 3. The smallest absolute Gasteiger partial charge is 0.343 e. The molecule has 81 heavy (non-hydrogen) atoms. The fourth-order valence-corrected chi connectivity index (χ4v) is 11.0. The number of rotatable bonds is 24. The molecule has 25 nitrogen and oxygen atoms in total. The van der Waals surface area contributed by atoms with E-state index in [4.69, 9.17) is 30.7 Å². The van der Waals surface area contributed by atoms with E-state index < -0.39 is 134 Å². The van der Waals surface area contributed by atoms with Crippen molar-refractivity contribution in [3.05, 3.63) is 97.6 Å². The number of cyclic esters (lactones) is 1. The van der Waals surface area contributed by atoms with E-state index in [1.165, 1.54) is 6.07 Å². The lowest BCUT2D eigenvalue weighted by molar-refractivity contribution is -0.232. The Morgan fingerprint density at radius 1 is 0.963 bits per heavy atom. The molecular formula is C55H68FN9O16. The number of aryl methyl sites for hydroxylation is 1. The fraction of sp³-hybridized carbons (Fsp3) is 0.509. The van der Waals surface area contributed by atoms with Crippen molar-refractivity contribution in [1.29, 1.82) is 0 Å². The van der Waals surface area contributed by atoms with Gasteiger partial charge in [0.25, 0.3) is 5.56 Å². The van der Waals surface area contributed by atoms with E-state index in [1.54, 1.807) is 54.8 Å². The second-order valence-electron chi connectivity index (χ2n) is 20.8. The van der Waals surface area contributed by atoms with Gasteiger partial charge >= 0.3 is 5.97 Å². The molecule has 0 spiro atoms. The van der Waals surface area contributed by atoms with Gasteiger partial charge in [-0.05, 0) is 79.7 Å². The first-order valence-corrected chi connectivity index (χ1v) is 26.8.